The minimum Gasteiger partial charge on any atom is -0.493 e. The van der Waals surface area contributed by atoms with Crippen molar-refractivity contribution in [1.82, 2.24) is 0 Å². The zero-order valence-corrected chi connectivity index (χ0v) is 13.0. The maximum atomic E-state index is 13.4. The molecule has 0 fully saturated rings. The Labute approximate surface area is 131 Å². The molecule has 1 heterocycles. The Hall–Kier alpha value is -1.68. The summed E-state index contributed by atoms with van der Waals surface area (Å²) in [5.41, 5.74) is 2.74. The van der Waals surface area contributed by atoms with Crippen LogP contribution in [0.3, 0.4) is 0 Å². The minimum atomic E-state index is -0.407. The highest BCUT2D eigenvalue weighted by Gasteiger charge is 2.13. The number of ether oxygens (including phenoxy) is 1. The van der Waals surface area contributed by atoms with Gasteiger partial charge in [-0.15, -0.1) is 0 Å². The Morgan fingerprint density at radius 1 is 1.24 bits per heavy atom. The zero-order valence-electron chi connectivity index (χ0n) is 11.4. The monoisotopic (exact) mass is 348 g/mol. The number of Topliss-reactive ketones (excluding diaryl/α,β-unsaturated/α-hetero) is 1. The van der Waals surface area contributed by atoms with E-state index in [1.165, 1.54) is 11.6 Å². The fourth-order valence-electron chi connectivity index (χ4n) is 2.47. The van der Waals surface area contributed by atoms with Crippen LogP contribution in [-0.4, -0.2) is 12.4 Å². The van der Waals surface area contributed by atoms with E-state index in [0.717, 1.165) is 24.3 Å². The number of rotatable bonds is 4. The molecule has 0 aliphatic carbocycles. The molecule has 0 amide bonds. The summed E-state index contributed by atoms with van der Waals surface area (Å²) in [6.07, 6.45) is 1.96. The second-order valence-electron chi connectivity index (χ2n) is 5.09. The first kappa shape index (κ1) is 14.3. The van der Waals surface area contributed by atoms with Crippen LogP contribution in [-0.2, 0) is 12.8 Å². The van der Waals surface area contributed by atoms with Gasteiger partial charge in [0, 0.05) is 18.4 Å². The molecule has 0 spiro atoms. The van der Waals surface area contributed by atoms with E-state index in [2.05, 4.69) is 22.0 Å². The lowest BCUT2D eigenvalue weighted by Crippen LogP contribution is -2.02. The molecular formula is C17H14BrFO2. The topological polar surface area (TPSA) is 26.3 Å². The van der Waals surface area contributed by atoms with Gasteiger partial charge < -0.3 is 4.74 Å². The summed E-state index contributed by atoms with van der Waals surface area (Å²) >= 11 is 3.08. The SMILES string of the molecule is O=C(CCc1ccc2c(c1)CCO2)c1ccc(Br)c(F)c1. The number of hydrogen-bond acceptors (Lipinski definition) is 2. The predicted molar refractivity (Wildman–Crippen MR) is 82.4 cm³/mol. The average Bonchev–Trinajstić information content (AvgIpc) is 2.95. The normalized spacial score (nSPS) is 12.9. The first-order valence-electron chi connectivity index (χ1n) is 6.86. The van der Waals surface area contributed by atoms with Crippen molar-refractivity contribution in [3.05, 3.63) is 63.4 Å². The smallest absolute Gasteiger partial charge is 0.163 e. The van der Waals surface area contributed by atoms with Crippen molar-refractivity contribution in [1.29, 1.82) is 0 Å². The van der Waals surface area contributed by atoms with Crippen LogP contribution in [0.15, 0.2) is 40.9 Å². The Bertz CT molecular complexity index is 697. The maximum Gasteiger partial charge on any atom is 0.163 e. The lowest BCUT2D eigenvalue weighted by Gasteiger charge is -2.05. The van der Waals surface area contributed by atoms with Crippen LogP contribution >= 0.6 is 15.9 Å². The van der Waals surface area contributed by atoms with Crippen molar-refractivity contribution in [2.24, 2.45) is 0 Å². The van der Waals surface area contributed by atoms with Crippen molar-refractivity contribution in [3.63, 3.8) is 0 Å². The van der Waals surface area contributed by atoms with Gasteiger partial charge in [0.05, 0.1) is 11.1 Å². The van der Waals surface area contributed by atoms with Crippen LogP contribution in [0.25, 0.3) is 0 Å². The molecule has 0 aromatic heterocycles. The molecule has 0 atom stereocenters. The van der Waals surface area contributed by atoms with Crippen LogP contribution < -0.4 is 4.74 Å². The highest BCUT2D eigenvalue weighted by molar-refractivity contribution is 9.10. The molecule has 21 heavy (non-hydrogen) atoms. The van der Waals surface area contributed by atoms with Gasteiger partial charge in [0.15, 0.2) is 5.78 Å². The summed E-state index contributed by atoms with van der Waals surface area (Å²) in [5.74, 6) is 0.494. The molecule has 0 bridgehead atoms. The van der Waals surface area contributed by atoms with E-state index >= 15 is 0 Å². The number of fused-ring (bicyclic) bond motifs is 1. The van der Waals surface area contributed by atoms with Gasteiger partial charge in [-0.1, -0.05) is 18.2 Å². The van der Waals surface area contributed by atoms with Gasteiger partial charge in [-0.25, -0.2) is 4.39 Å². The van der Waals surface area contributed by atoms with Crippen molar-refractivity contribution in [2.45, 2.75) is 19.3 Å². The van der Waals surface area contributed by atoms with Crippen LogP contribution in [0.2, 0.25) is 0 Å². The van der Waals surface area contributed by atoms with Crippen LogP contribution in [0.5, 0.6) is 5.75 Å². The van der Waals surface area contributed by atoms with Gasteiger partial charge in [0.2, 0.25) is 0 Å². The van der Waals surface area contributed by atoms with Gasteiger partial charge in [0.25, 0.3) is 0 Å². The Kier molecular flexibility index (Phi) is 4.06. The summed E-state index contributed by atoms with van der Waals surface area (Å²) in [6.45, 7) is 0.732. The number of benzene rings is 2. The molecule has 2 nitrogen and oxygen atoms in total. The molecule has 0 unspecified atom stereocenters. The van der Waals surface area contributed by atoms with Crippen LogP contribution in [0.4, 0.5) is 4.39 Å². The Morgan fingerprint density at radius 2 is 2.10 bits per heavy atom. The second kappa shape index (κ2) is 5.98. The molecule has 108 valence electrons. The van der Waals surface area contributed by atoms with Gasteiger partial charge in [0.1, 0.15) is 11.6 Å². The summed E-state index contributed by atoms with van der Waals surface area (Å²) in [4.78, 5) is 12.1. The maximum absolute atomic E-state index is 13.4. The van der Waals surface area contributed by atoms with E-state index in [9.17, 15) is 9.18 Å². The molecule has 2 aromatic rings. The van der Waals surface area contributed by atoms with Crippen molar-refractivity contribution < 1.29 is 13.9 Å². The fraction of sp³-hybridized carbons (Fsp3) is 0.235. The molecular weight excluding hydrogens is 335 g/mol. The first-order valence-corrected chi connectivity index (χ1v) is 7.65. The van der Waals surface area contributed by atoms with Gasteiger partial charge in [-0.2, -0.15) is 0 Å². The van der Waals surface area contributed by atoms with E-state index in [4.69, 9.17) is 4.74 Å². The number of halogens is 2. The second-order valence-corrected chi connectivity index (χ2v) is 5.95. The van der Waals surface area contributed by atoms with Crippen molar-refractivity contribution in [3.8, 4) is 5.75 Å². The fourth-order valence-corrected chi connectivity index (χ4v) is 2.71. The van der Waals surface area contributed by atoms with Gasteiger partial charge in [-0.3, -0.25) is 4.79 Å². The number of aryl methyl sites for hydroxylation is 1. The van der Waals surface area contributed by atoms with E-state index in [0.29, 0.717) is 22.9 Å². The summed E-state index contributed by atoms with van der Waals surface area (Å²) in [7, 11) is 0. The standard InChI is InChI=1S/C17H14BrFO2/c18-14-4-3-12(10-15(14)19)16(20)5-1-11-2-6-17-13(9-11)7-8-21-17/h2-4,6,9-10H,1,5,7-8H2. The molecule has 0 N–H and O–H groups in total. The third-order valence-corrected chi connectivity index (χ3v) is 4.28. The largest absolute Gasteiger partial charge is 0.493 e. The molecule has 0 saturated carbocycles. The molecule has 1 aliphatic heterocycles. The van der Waals surface area contributed by atoms with Crippen LogP contribution in [0.1, 0.15) is 27.9 Å². The highest BCUT2D eigenvalue weighted by atomic mass is 79.9. The molecule has 0 saturated heterocycles. The first-order chi connectivity index (χ1) is 10.1. The minimum absolute atomic E-state index is 0.0434. The Balaban J connectivity index is 1.67. The molecule has 2 aromatic carbocycles. The third kappa shape index (κ3) is 3.16. The number of carbonyl (C=O) groups is 1. The van der Waals surface area contributed by atoms with Gasteiger partial charge >= 0.3 is 0 Å². The Morgan fingerprint density at radius 3 is 2.90 bits per heavy atom. The molecule has 0 radical (unpaired) electrons. The van der Waals surface area contributed by atoms with Gasteiger partial charge in [-0.05, 0) is 51.7 Å². The average molecular weight is 349 g/mol. The van der Waals surface area contributed by atoms with E-state index < -0.39 is 5.82 Å². The summed E-state index contributed by atoms with van der Waals surface area (Å²) < 4.78 is 19.3. The van der Waals surface area contributed by atoms with Crippen molar-refractivity contribution in [2.75, 3.05) is 6.61 Å². The van der Waals surface area contributed by atoms with Crippen molar-refractivity contribution >= 4 is 21.7 Å². The summed E-state index contributed by atoms with van der Waals surface area (Å²) in [5, 5.41) is 0. The highest BCUT2D eigenvalue weighted by Crippen LogP contribution is 2.26. The zero-order chi connectivity index (χ0) is 14.8. The van der Waals surface area contributed by atoms with E-state index in [-0.39, 0.29) is 5.78 Å². The summed E-state index contributed by atoms with van der Waals surface area (Å²) in [6, 6.07) is 10.5. The number of hydrogen-bond donors (Lipinski definition) is 0. The molecule has 1 aliphatic rings. The quantitative estimate of drug-likeness (QED) is 0.768. The number of ketones is 1. The predicted octanol–water partition coefficient (Wildman–Crippen LogP) is 4.34. The van der Waals surface area contributed by atoms with E-state index in [1.807, 2.05) is 12.1 Å². The lowest BCUT2D eigenvalue weighted by molar-refractivity contribution is 0.0982. The lowest BCUT2D eigenvalue weighted by atomic mass is 10.0. The number of carbonyl (C=O) groups excluding carboxylic acids is 1. The molecule has 4 heteroatoms. The molecule has 3 rings (SSSR count). The van der Waals surface area contributed by atoms with E-state index in [1.54, 1.807) is 12.1 Å². The third-order valence-electron chi connectivity index (χ3n) is 3.64. The van der Waals surface area contributed by atoms with Crippen LogP contribution in [0, 0.1) is 5.82 Å².